The minimum Gasteiger partial charge on any atom is -0.376 e. The van der Waals surface area contributed by atoms with Crippen LogP contribution in [-0.4, -0.2) is 73.3 Å². The predicted octanol–water partition coefficient (Wildman–Crippen LogP) is 4.71. The van der Waals surface area contributed by atoms with Gasteiger partial charge >= 0.3 is 0 Å². The minimum absolute atomic E-state index is 0.0255. The summed E-state index contributed by atoms with van der Waals surface area (Å²) in [5.74, 6) is 0.224. The number of carbonyl (C=O) groups is 1. The highest BCUT2D eigenvalue weighted by Crippen LogP contribution is 2.34. The van der Waals surface area contributed by atoms with E-state index in [1.165, 1.54) is 12.1 Å². The normalized spacial score (nSPS) is 18.5. The third-order valence-corrected chi connectivity index (χ3v) is 7.10. The Morgan fingerprint density at radius 3 is 2.50 bits per heavy atom. The van der Waals surface area contributed by atoms with Crippen molar-refractivity contribution in [3.05, 3.63) is 70.5 Å². The largest absolute Gasteiger partial charge is 0.376 e. The molecule has 2 fully saturated rings. The fourth-order valence-corrected chi connectivity index (χ4v) is 4.88. The van der Waals surface area contributed by atoms with Gasteiger partial charge in [-0.3, -0.25) is 4.79 Å². The van der Waals surface area contributed by atoms with E-state index >= 15 is 0 Å². The lowest BCUT2D eigenvalue weighted by molar-refractivity contribution is 0.0507. The van der Waals surface area contributed by atoms with E-state index in [2.05, 4.69) is 22.0 Å². The lowest BCUT2D eigenvalue weighted by Crippen LogP contribution is -2.45. The highest BCUT2D eigenvalue weighted by atomic mass is 35.5. The second-order valence-corrected chi connectivity index (χ2v) is 9.88. The van der Waals surface area contributed by atoms with E-state index in [1.807, 2.05) is 0 Å². The van der Waals surface area contributed by atoms with Crippen molar-refractivity contribution < 1.29 is 18.4 Å². The van der Waals surface area contributed by atoms with Crippen molar-refractivity contribution >= 4 is 23.4 Å². The second kappa shape index (κ2) is 11.0. The van der Waals surface area contributed by atoms with Crippen molar-refractivity contribution in [1.29, 1.82) is 0 Å². The van der Waals surface area contributed by atoms with E-state index in [4.69, 9.17) is 20.9 Å². The average Bonchev–Trinajstić information content (AvgIpc) is 3.55. The molecule has 0 N–H and O–H groups in total. The molecule has 2 saturated heterocycles. The first kappa shape index (κ1) is 24.7. The Morgan fingerprint density at radius 1 is 1.11 bits per heavy atom. The number of halogens is 2. The van der Waals surface area contributed by atoms with E-state index < -0.39 is 0 Å². The highest BCUT2D eigenvalue weighted by Gasteiger charge is 2.30. The van der Waals surface area contributed by atoms with E-state index in [0.29, 0.717) is 41.9 Å². The average molecular weight is 513 g/mol. The van der Waals surface area contributed by atoms with Gasteiger partial charge in [-0.1, -0.05) is 16.8 Å². The zero-order valence-corrected chi connectivity index (χ0v) is 21.1. The number of hydrogen-bond acceptors (Lipinski definition) is 6. The Bertz CT molecular complexity index is 1170. The summed E-state index contributed by atoms with van der Waals surface area (Å²) in [4.78, 5) is 19.9. The maximum absolute atomic E-state index is 13.7. The van der Waals surface area contributed by atoms with Crippen LogP contribution in [0.5, 0.6) is 0 Å². The fourth-order valence-electron chi connectivity index (χ4n) is 4.76. The number of carbonyl (C=O) groups excluding carboxylic acids is 1. The van der Waals surface area contributed by atoms with Crippen molar-refractivity contribution in [3.8, 4) is 11.3 Å². The van der Waals surface area contributed by atoms with E-state index in [-0.39, 0.29) is 17.8 Å². The molecule has 0 unspecified atom stereocenters. The highest BCUT2D eigenvalue weighted by molar-refractivity contribution is 6.30. The maximum atomic E-state index is 13.7. The molecule has 1 amide bonds. The monoisotopic (exact) mass is 512 g/mol. The molecule has 0 radical (unpaired) electrons. The molecule has 2 aliphatic heterocycles. The molecule has 0 aliphatic carbocycles. The van der Waals surface area contributed by atoms with Crippen molar-refractivity contribution in [2.45, 2.75) is 25.5 Å². The van der Waals surface area contributed by atoms with Gasteiger partial charge in [0.1, 0.15) is 11.5 Å². The summed E-state index contributed by atoms with van der Waals surface area (Å²) < 4.78 is 25.4. The number of benzene rings is 2. The van der Waals surface area contributed by atoms with Crippen molar-refractivity contribution in [1.82, 2.24) is 15.0 Å². The van der Waals surface area contributed by atoms with Gasteiger partial charge in [-0.05, 0) is 68.4 Å². The van der Waals surface area contributed by atoms with Gasteiger partial charge < -0.3 is 24.0 Å². The predicted molar refractivity (Wildman–Crippen MR) is 137 cm³/mol. The third kappa shape index (κ3) is 5.56. The molecule has 0 saturated carbocycles. The Kier molecular flexibility index (Phi) is 7.55. The fraction of sp³-hybridized carbons (Fsp3) is 0.407. The van der Waals surface area contributed by atoms with Crippen LogP contribution in [0.4, 0.5) is 10.3 Å². The molecule has 5 rings (SSSR count). The number of ether oxygens (including phenoxy) is 1. The molecule has 3 aromatic rings. The number of aromatic nitrogens is 1. The zero-order valence-electron chi connectivity index (χ0n) is 20.3. The number of hydrogen-bond donors (Lipinski definition) is 0. The Hall–Kier alpha value is -2.94. The van der Waals surface area contributed by atoms with Gasteiger partial charge in [0.05, 0.1) is 18.2 Å². The molecule has 2 aromatic carbocycles. The lowest BCUT2D eigenvalue weighted by Gasteiger charge is -2.33. The van der Waals surface area contributed by atoms with E-state index in [0.717, 1.165) is 50.1 Å². The molecule has 9 heteroatoms. The van der Waals surface area contributed by atoms with Crippen LogP contribution >= 0.6 is 11.6 Å². The number of piperazine rings is 1. The number of rotatable bonds is 7. The first-order chi connectivity index (χ1) is 17.5. The molecule has 7 nitrogen and oxygen atoms in total. The summed E-state index contributed by atoms with van der Waals surface area (Å²) in [6.45, 7) is 4.83. The van der Waals surface area contributed by atoms with Gasteiger partial charge in [0.2, 0.25) is 5.88 Å². The number of likely N-dealkylation sites (N-methyl/N-ethyl adjacent to an activating group) is 1. The number of nitrogens with zero attached hydrogens (tertiary/aromatic N) is 4. The Balaban J connectivity index is 1.51. The van der Waals surface area contributed by atoms with Crippen LogP contribution < -0.4 is 4.90 Å². The van der Waals surface area contributed by atoms with Crippen LogP contribution in [-0.2, 0) is 11.3 Å². The van der Waals surface area contributed by atoms with Crippen molar-refractivity contribution in [2.24, 2.45) is 0 Å². The standard InChI is InChI=1S/C27H30ClFN4O3/c1-31-12-14-32(15-13-31)27-24(25(30-36-27)19-6-10-22(29)11-7-19)18-33(17-23-3-2-16-35-23)26(34)20-4-8-21(28)9-5-20/h4-11,23H,2-3,12-18H2,1H3/t23-/m0/s1. The SMILES string of the molecule is CN1CCN(c2onc(-c3ccc(F)cc3)c2CN(C[C@@H]2CCCO2)C(=O)c2ccc(Cl)cc2)CC1. The molecular formula is C27H30ClFN4O3. The summed E-state index contributed by atoms with van der Waals surface area (Å²) in [5.41, 5.74) is 2.72. The van der Waals surface area contributed by atoms with Gasteiger partial charge in [-0.25, -0.2) is 4.39 Å². The summed E-state index contributed by atoms with van der Waals surface area (Å²) in [7, 11) is 2.09. The maximum Gasteiger partial charge on any atom is 0.254 e. The molecule has 1 atom stereocenters. The summed E-state index contributed by atoms with van der Waals surface area (Å²) in [6, 6.07) is 13.1. The van der Waals surface area contributed by atoms with Crippen LogP contribution in [0.15, 0.2) is 53.1 Å². The van der Waals surface area contributed by atoms with Crippen LogP contribution in [0, 0.1) is 5.82 Å². The molecular weight excluding hydrogens is 483 g/mol. The molecule has 1 aromatic heterocycles. The summed E-state index contributed by atoms with van der Waals surface area (Å²) in [5, 5.41) is 4.98. The first-order valence-corrected chi connectivity index (χ1v) is 12.7. The van der Waals surface area contributed by atoms with Crippen LogP contribution in [0.3, 0.4) is 0 Å². The molecule has 2 aliphatic rings. The van der Waals surface area contributed by atoms with E-state index in [1.54, 1.807) is 41.3 Å². The molecule has 0 spiro atoms. The smallest absolute Gasteiger partial charge is 0.254 e. The third-order valence-electron chi connectivity index (χ3n) is 6.85. The minimum atomic E-state index is -0.319. The second-order valence-electron chi connectivity index (χ2n) is 9.44. The number of amides is 1. The quantitative estimate of drug-likeness (QED) is 0.457. The lowest BCUT2D eigenvalue weighted by atomic mass is 10.1. The van der Waals surface area contributed by atoms with Crippen LogP contribution in [0.25, 0.3) is 11.3 Å². The molecule has 0 bridgehead atoms. The van der Waals surface area contributed by atoms with Crippen LogP contribution in [0.2, 0.25) is 5.02 Å². The Morgan fingerprint density at radius 2 is 1.83 bits per heavy atom. The zero-order chi connectivity index (χ0) is 25.1. The van der Waals surface area contributed by atoms with Gasteiger partial charge in [-0.2, -0.15) is 0 Å². The summed E-state index contributed by atoms with van der Waals surface area (Å²) >= 11 is 6.06. The number of anilines is 1. The topological polar surface area (TPSA) is 62.1 Å². The van der Waals surface area contributed by atoms with Gasteiger partial charge in [0.25, 0.3) is 5.91 Å². The van der Waals surface area contributed by atoms with Crippen LogP contribution in [0.1, 0.15) is 28.8 Å². The molecule has 3 heterocycles. The van der Waals surface area contributed by atoms with Gasteiger partial charge in [0.15, 0.2) is 0 Å². The molecule has 36 heavy (non-hydrogen) atoms. The van der Waals surface area contributed by atoms with Crippen molar-refractivity contribution in [3.63, 3.8) is 0 Å². The van der Waals surface area contributed by atoms with Crippen molar-refractivity contribution in [2.75, 3.05) is 51.3 Å². The Labute approximate surface area is 215 Å². The van der Waals surface area contributed by atoms with Gasteiger partial charge in [-0.15, -0.1) is 0 Å². The summed E-state index contributed by atoms with van der Waals surface area (Å²) in [6.07, 6.45) is 1.86. The molecule has 190 valence electrons. The van der Waals surface area contributed by atoms with E-state index in [9.17, 15) is 9.18 Å². The first-order valence-electron chi connectivity index (χ1n) is 12.3. The van der Waals surface area contributed by atoms with Gasteiger partial charge in [0, 0.05) is 55.5 Å².